The van der Waals surface area contributed by atoms with Gasteiger partial charge in [-0.2, -0.15) is 23.5 Å². The molecule has 1 saturated carbocycles. The van der Waals surface area contributed by atoms with E-state index in [1.807, 2.05) is 0 Å². The van der Waals surface area contributed by atoms with Crippen LogP contribution in [0.4, 0.5) is 0 Å². The summed E-state index contributed by atoms with van der Waals surface area (Å²) in [5.41, 5.74) is 0. The molecule has 0 bridgehead atoms. The fraction of sp³-hybridized carbons (Fsp3) is 1.00. The van der Waals surface area contributed by atoms with Gasteiger partial charge in [-0.1, -0.05) is 19.8 Å². The van der Waals surface area contributed by atoms with E-state index in [4.69, 9.17) is 0 Å². The molecule has 0 aromatic heterocycles. The summed E-state index contributed by atoms with van der Waals surface area (Å²) in [4.78, 5) is 0. The zero-order valence-electron chi connectivity index (χ0n) is 10.4. The molecule has 1 saturated heterocycles. The maximum absolute atomic E-state index is 3.85. The Labute approximate surface area is 109 Å². The lowest BCUT2D eigenvalue weighted by Crippen LogP contribution is -2.45. The maximum atomic E-state index is 3.85. The lowest BCUT2D eigenvalue weighted by atomic mass is 9.95. The Bertz CT molecular complexity index is 186. The molecule has 2 fully saturated rings. The highest BCUT2D eigenvalue weighted by Gasteiger charge is 2.32. The minimum Gasteiger partial charge on any atom is -0.313 e. The van der Waals surface area contributed by atoms with Gasteiger partial charge in [0.25, 0.3) is 0 Å². The number of thioether (sulfide) groups is 2. The molecule has 94 valence electrons. The molecule has 0 radical (unpaired) electrons. The molecule has 1 aliphatic heterocycles. The van der Waals surface area contributed by atoms with Crippen LogP contribution in [0.3, 0.4) is 0 Å². The summed E-state index contributed by atoms with van der Waals surface area (Å²) in [7, 11) is 0. The van der Waals surface area contributed by atoms with Gasteiger partial charge in [0.1, 0.15) is 0 Å². The van der Waals surface area contributed by atoms with Crippen molar-refractivity contribution in [3.63, 3.8) is 0 Å². The molecule has 1 aliphatic carbocycles. The average molecular weight is 259 g/mol. The highest BCUT2D eigenvalue weighted by atomic mass is 32.2. The first kappa shape index (κ1) is 13.1. The van der Waals surface area contributed by atoms with E-state index in [-0.39, 0.29) is 0 Å². The predicted octanol–water partition coefficient (Wildman–Crippen LogP) is 3.39. The van der Waals surface area contributed by atoms with Crippen LogP contribution < -0.4 is 5.32 Å². The quantitative estimate of drug-likeness (QED) is 0.813. The highest BCUT2D eigenvalue weighted by molar-refractivity contribution is 8.06. The summed E-state index contributed by atoms with van der Waals surface area (Å²) in [6.45, 7) is 3.49. The number of hydrogen-bond acceptors (Lipinski definition) is 3. The third kappa shape index (κ3) is 3.58. The predicted molar refractivity (Wildman–Crippen MR) is 77.6 cm³/mol. The van der Waals surface area contributed by atoms with Gasteiger partial charge in [-0.25, -0.2) is 0 Å². The molecule has 3 heteroatoms. The summed E-state index contributed by atoms with van der Waals surface area (Å²) >= 11 is 4.39. The molecule has 2 unspecified atom stereocenters. The van der Waals surface area contributed by atoms with Crippen LogP contribution in [-0.2, 0) is 0 Å². The molecule has 1 heterocycles. The van der Waals surface area contributed by atoms with Crippen LogP contribution in [0.1, 0.15) is 39.0 Å². The van der Waals surface area contributed by atoms with Gasteiger partial charge in [-0.15, -0.1) is 0 Å². The normalized spacial score (nSPS) is 29.4. The Morgan fingerprint density at radius 2 is 2.06 bits per heavy atom. The molecule has 1 N–H and O–H groups in total. The first-order chi connectivity index (χ1) is 7.92. The van der Waals surface area contributed by atoms with Gasteiger partial charge < -0.3 is 5.32 Å². The molecule has 0 amide bonds. The third-order valence-electron chi connectivity index (χ3n) is 3.78. The van der Waals surface area contributed by atoms with Gasteiger partial charge in [0.05, 0.1) is 0 Å². The van der Waals surface area contributed by atoms with E-state index in [0.717, 1.165) is 17.2 Å². The molecule has 2 aliphatic rings. The van der Waals surface area contributed by atoms with E-state index in [1.165, 1.54) is 55.9 Å². The van der Waals surface area contributed by atoms with Crippen LogP contribution in [0.25, 0.3) is 0 Å². The standard InChI is InChI=1S/C13H25NS2/c1-2-7-14-13(11-5-3-4-6-11)12-10-15-8-9-16-12/h11-14H,2-10H2,1H3. The summed E-state index contributed by atoms with van der Waals surface area (Å²) in [6.07, 6.45) is 7.17. The minimum absolute atomic E-state index is 0.806. The first-order valence-corrected chi connectivity index (χ1v) is 9.05. The van der Waals surface area contributed by atoms with Crippen molar-refractivity contribution >= 4 is 23.5 Å². The van der Waals surface area contributed by atoms with Gasteiger partial charge in [0.2, 0.25) is 0 Å². The second-order valence-electron chi connectivity index (χ2n) is 5.01. The molecule has 2 rings (SSSR count). The second-order valence-corrected chi connectivity index (χ2v) is 7.51. The molecule has 2 atom stereocenters. The Balaban J connectivity index is 1.89. The number of rotatable bonds is 5. The summed E-state index contributed by atoms with van der Waals surface area (Å²) in [5, 5.41) is 4.73. The molecule has 16 heavy (non-hydrogen) atoms. The van der Waals surface area contributed by atoms with E-state index in [9.17, 15) is 0 Å². The van der Waals surface area contributed by atoms with Crippen LogP contribution in [0.2, 0.25) is 0 Å². The Morgan fingerprint density at radius 3 is 2.69 bits per heavy atom. The van der Waals surface area contributed by atoms with Crippen molar-refractivity contribution in [2.24, 2.45) is 5.92 Å². The Hall–Kier alpha value is 0.660. The molecular weight excluding hydrogens is 234 g/mol. The summed E-state index contributed by atoms with van der Waals surface area (Å²) in [6, 6.07) is 0.806. The first-order valence-electron chi connectivity index (χ1n) is 6.84. The average Bonchev–Trinajstić information content (AvgIpc) is 2.85. The van der Waals surface area contributed by atoms with Crippen molar-refractivity contribution in [3.8, 4) is 0 Å². The topological polar surface area (TPSA) is 12.0 Å². The summed E-state index contributed by atoms with van der Waals surface area (Å²) < 4.78 is 0. The van der Waals surface area contributed by atoms with E-state index in [1.54, 1.807) is 0 Å². The third-order valence-corrected chi connectivity index (χ3v) is 6.66. The molecular formula is C13H25NS2. The van der Waals surface area contributed by atoms with Crippen molar-refractivity contribution < 1.29 is 0 Å². The SMILES string of the molecule is CCCNC(C1CCCC1)C1CSCCS1. The van der Waals surface area contributed by atoms with Crippen LogP contribution in [0.5, 0.6) is 0 Å². The minimum atomic E-state index is 0.806. The van der Waals surface area contributed by atoms with E-state index in [0.29, 0.717) is 0 Å². The fourth-order valence-electron chi connectivity index (χ4n) is 2.94. The van der Waals surface area contributed by atoms with Crippen molar-refractivity contribution in [2.45, 2.75) is 50.3 Å². The van der Waals surface area contributed by atoms with Gasteiger partial charge in [0, 0.05) is 28.6 Å². The lowest BCUT2D eigenvalue weighted by Gasteiger charge is -2.34. The number of nitrogens with one attached hydrogen (secondary N) is 1. The second kappa shape index (κ2) is 7.17. The van der Waals surface area contributed by atoms with Crippen molar-refractivity contribution in [2.75, 3.05) is 23.8 Å². The van der Waals surface area contributed by atoms with Crippen LogP contribution in [0, 0.1) is 5.92 Å². The van der Waals surface area contributed by atoms with Crippen molar-refractivity contribution in [1.82, 2.24) is 5.32 Å². The smallest absolute Gasteiger partial charge is 0.0294 e. The van der Waals surface area contributed by atoms with Crippen molar-refractivity contribution in [3.05, 3.63) is 0 Å². The molecule has 0 aromatic carbocycles. The van der Waals surface area contributed by atoms with Crippen LogP contribution >= 0.6 is 23.5 Å². The van der Waals surface area contributed by atoms with Crippen LogP contribution in [0.15, 0.2) is 0 Å². The van der Waals surface area contributed by atoms with E-state index >= 15 is 0 Å². The number of hydrogen-bond donors (Lipinski definition) is 1. The Kier molecular flexibility index (Phi) is 5.87. The fourth-order valence-corrected chi connectivity index (χ4v) is 5.91. The van der Waals surface area contributed by atoms with Gasteiger partial charge in [0.15, 0.2) is 0 Å². The zero-order valence-corrected chi connectivity index (χ0v) is 12.0. The maximum Gasteiger partial charge on any atom is 0.0294 e. The zero-order chi connectivity index (χ0) is 11.2. The van der Waals surface area contributed by atoms with Gasteiger partial charge >= 0.3 is 0 Å². The molecule has 1 nitrogen and oxygen atoms in total. The Morgan fingerprint density at radius 1 is 1.25 bits per heavy atom. The largest absolute Gasteiger partial charge is 0.313 e. The van der Waals surface area contributed by atoms with Gasteiger partial charge in [-0.3, -0.25) is 0 Å². The van der Waals surface area contributed by atoms with Crippen molar-refractivity contribution in [1.29, 1.82) is 0 Å². The molecule has 0 spiro atoms. The lowest BCUT2D eigenvalue weighted by molar-refractivity contribution is 0.358. The summed E-state index contributed by atoms with van der Waals surface area (Å²) in [5.74, 6) is 5.09. The van der Waals surface area contributed by atoms with E-state index < -0.39 is 0 Å². The van der Waals surface area contributed by atoms with E-state index in [2.05, 4.69) is 35.8 Å². The van der Waals surface area contributed by atoms with Crippen LogP contribution in [-0.4, -0.2) is 35.1 Å². The van der Waals surface area contributed by atoms with Gasteiger partial charge in [-0.05, 0) is 31.7 Å². The molecule has 0 aromatic rings. The monoisotopic (exact) mass is 259 g/mol. The highest BCUT2D eigenvalue weighted by Crippen LogP contribution is 2.35.